The predicted octanol–water partition coefficient (Wildman–Crippen LogP) is 2.57. The van der Waals surface area contributed by atoms with Crippen molar-refractivity contribution < 1.29 is 14.4 Å². The van der Waals surface area contributed by atoms with E-state index in [1.165, 1.54) is 19.3 Å². The molecule has 0 aliphatic heterocycles. The van der Waals surface area contributed by atoms with Gasteiger partial charge in [0.05, 0.1) is 0 Å². The summed E-state index contributed by atoms with van der Waals surface area (Å²) in [7, 11) is 0. The molecule has 0 saturated heterocycles. The van der Waals surface area contributed by atoms with Crippen LogP contribution in [0.5, 0.6) is 0 Å². The first kappa shape index (κ1) is 15.8. The highest BCUT2D eigenvalue weighted by Gasteiger charge is 2.11. The van der Waals surface area contributed by atoms with Crippen LogP contribution in [0.4, 0.5) is 0 Å². The highest BCUT2D eigenvalue weighted by atomic mass is 16.2. The smallest absolute Gasteiger partial charge is 0.277 e. The lowest BCUT2D eigenvalue weighted by Crippen LogP contribution is -2.05. The number of ketones is 1. The van der Waals surface area contributed by atoms with Crippen LogP contribution in [-0.4, -0.2) is 16.9 Å². The average molecular weight is 271 g/mol. The van der Waals surface area contributed by atoms with Gasteiger partial charge in [-0.15, -0.1) is 0 Å². The maximum atomic E-state index is 11.8. The molecule has 1 aliphatic rings. The van der Waals surface area contributed by atoms with Crippen molar-refractivity contribution in [3.8, 4) is 11.8 Å². The van der Waals surface area contributed by atoms with Crippen molar-refractivity contribution in [3.63, 3.8) is 0 Å². The van der Waals surface area contributed by atoms with Crippen LogP contribution < -0.4 is 0 Å². The minimum absolute atomic E-state index is 0.153. The van der Waals surface area contributed by atoms with Gasteiger partial charge in [0.2, 0.25) is 0 Å². The van der Waals surface area contributed by atoms with Gasteiger partial charge in [-0.25, -0.2) is 4.98 Å². The number of rotatable bonds is 1. The molecule has 1 aromatic heterocycles. The summed E-state index contributed by atoms with van der Waals surface area (Å²) in [5.74, 6) is 6.11. The molecule has 1 aromatic rings. The van der Waals surface area contributed by atoms with Crippen LogP contribution in [0.15, 0.2) is 18.2 Å². The van der Waals surface area contributed by atoms with Crippen LogP contribution in [-0.2, 0) is 9.59 Å². The molecule has 0 amide bonds. The SMILES string of the molecule is Cc1cccc(C(=O)C#CC2CCCCC2)n1.O=C=O. The van der Waals surface area contributed by atoms with E-state index in [0.29, 0.717) is 11.6 Å². The third-order valence-corrected chi connectivity index (χ3v) is 3.12. The Bertz CT molecular complexity index is 542. The van der Waals surface area contributed by atoms with Gasteiger partial charge in [-0.1, -0.05) is 31.2 Å². The molecule has 104 valence electrons. The van der Waals surface area contributed by atoms with Crippen molar-refractivity contribution in [1.82, 2.24) is 4.98 Å². The normalized spacial score (nSPS) is 14.1. The zero-order chi connectivity index (χ0) is 14.8. The van der Waals surface area contributed by atoms with E-state index < -0.39 is 0 Å². The van der Waals surface area contributed by atoms with Crippen LogP contribution in [0.2, 0.25) is 0 Å². The Morgan fingerprint density at radius 3 is 2.45 bits per heavy atom. The molecule has 0 atom stereocenters. The molecule has 0 unspecified atom stereocenters. The number of hydrogen-bond donors (Lipinski definition) is 0. The van der Waals surface area contributed by atoms with Crippen LogP contribution in [0.1, 0.15) is 48.3 Å². The molecule has 0 bridgehead atoms. The van der Waals surface area contributed by atoms with Gasteiger partial charge in [-0.3, -0.25) is 4.79 Å². The van der Waals surface area contributed by atoms with Gasteiger partial charge in [0.1, 0.15) is 5.69 Å². The van der Waals surface area contributed by atoms with Crippen LogP contribution in [0.25, 0.3) is 0 Å². The number of Topliss-reactive ketones (excluding diaryl/α,β-unsaturated/α-hetero) is 1. The molecule has 1 fully saturated rings. The molecular weight excluding hydrogens is 254 g/mol. The molecule has 0 spiro atoms. The number of carbonyl (C=O) groups excluding carboxylic acids is 3. The van der Waals surface area contributed by atoms with Crippen molar-refractivity contribution in [2.24, 2.45) is 5.92 Å². The summed E-state index contributed by atoms with van der Waals surface area (Å²) >= 11 is 0. The first-order valence-electron chi connectivity index (χ1n) is 6.66. The Labute approximate surface area is 118 Å². The van der Waals surface area contributed by atoms with Gasteiger partial charge in [0.15, 0.2) is 0 Å². The number of pyridine rings is 1. The lowest BCUT2D eigenvalue weighted by molar-refractivity contribution is -0.191. The second kappa shape index (κ2) is 8.79. The van der Waals surface area contributed by atoms with Gasteiger partial charge < -0.3 is 0 Å². The summed E-state index contributed by atoms with van der Waals surface area (Å²) in [4.78, 5) is 32.2. The number of aryl methyl sites for hydroxylation is 1. The quantitative estimate of drug-likeness (QED) is 0.447. The number of hydrogen-bond acceptors (Lipinski definition) is 4. The highest BCUT2D eigenvalue weighted by molar-refractivity contribution is 6.07. The lowest BCUT2D eigenvalue weighted by Gasteiger charge is -2.15. The van der Waals surface area contributed by atoms with Gasteiger partial charge >= 0.3 is 6.15 Å². The number of aromatic nitrogens is 1. The molecule has 1 heterocycles. The minimum atomic E-state index is -0.153. The van der Waals surface area contributed by atoms with Crippen molar-refractivity contribution in [3.05, 3.63) is 29.6 Å². The maximum Gasteiger partial charge on any atom is 0.373 e. The van der Waals surface area contributed by atoms with E-state index in [-0.39, 0.29) is 11.9 Å². The summed E-state index contributed by atoms with van der Waals surface area (Å²) < 4.78 is 0. The van der Waals surface area contributed by atoms with E-state index in [1.54, 1.807) is 6.07 Å². The third kappa shape index (κ3) is 5.60. The Balaban J connectivity index is 0.000000612. The molecule has 4 nitrogen and oxygen atoms in total. The van der Waals surface area contributed by atoms with Gasteiger partial charge in [-0.05, 0) is 37.8 Å². The predicted molar refractivity (Wildman–Crippen MR) is 72.7 cm³/mol. The molecule has 1 saturated carbocycles. The Morgan fingerprint density at radius 1 is 1.20 bits per heavy atom. The largest absolute Gasteiger partial charge is 0.373 e. The third-order valence-electron chi connectivity index (χ3n) is 3.12. The first-order chi connectivity index (χ1) is 9.67. The summed E-state index contributed by atoms with van der Waals surface area (Å²) in [5, 5.41) is 0. The second-order valence-corrected chi connectivity index (χ2v) is 4.68. The summed E-state index contributed by atoms with van der Waals surface area (Å²) in [6.07, 6.45) is 6.33. The van der Waals surface area contributed by atoms with Crippen molar-refractivity contribution >= 4 is 11.9 Å². The van der Waals surface area contributed by atoms with E-state index in [4.69, 9.17) is 9.59 Å². The van der Waals surface area contributed by atoms with Gasteiger partial charge in [0, 0.05) is 11.6 Å². The minimum Gasteiger partial charge on any atom is -0.277 e. The first-order valence-corrected chi connectivity index (χ1v) is 6.66. The molecule has 2 rings (SSSR count). The second-order valence-electron chi connectivity index (χ2n) is 4.68. The molecular formula is C16H17NO3. The maximum absolute atomic E-state index is 11.8. The molecule has 4 heteroatoms. The molecule has 0 N–H and O–H groups in total. The lowest BCUT2D eigenvalue weighted by atomic mass is 9.90. The summed E-state index contributed by atoms with van der Waals surface area (Å²) in [5.41, 5.74) is 1.32. The Kier molecular flexibility index (Phi) is 6.95. The standard InChI is InChI=1S/C15H17NO.CO2/c1-12-6-5-9-14(16-12)15(17)11-10-13-7-3-2-4-8-13;2-1-3/h5-6,9,13H,2-4,7-8H2,1H3;. The number of carbonyl (C=O) groups is 1. The average Bonchev–Trinajstić information content (AvgIpc) is 2.47. The molecule has 20 heavy (non-hydrogen) atoms. The summed E-state index contributed by atoms with van der Waals surface area (Å²) in [6.45, 7) is 1.88. The zero-order valence-corrected chi connectivity index (χ0v) is 11.5. The van der Waals surface area contributed by atoms with Gasteiger partial charge in [-0.2, -0.15) is 9.59 Å². The number of nitrogens with zero attached hydrogens (tertiary/aromatic N) is 1. The fourth-order valence-electron chi connectivity index (χ4n) is 2.15. The fourth-order valence-corrected chi connectivity index (χ4v) is 2.15. The van der Waals surface area contributed by atoms with Crippen LogP contribution in [0.3, 0.4) is 0 Å². The summed E-state index contributed by atoms with van der Waals surface area (Å²) in [6, 6.07) is 5.45. The van der Waals surface area contributed by atoms with E-state index >= 15 is 0 Å². The Hall–Kier alpha value is -2.24. The van der Waals surface area contributed by atoms with E-state index in [0.717, 1.165) is 18.5 Å². The topological polar surface area (TPSA) is 64.1 Å². The molecule has 1 aliphatic carbocycles. The molecule has 0 radical (unpaired) electrons. The van der Waals surface area contributed by atoms with Gasteiger partial charge in [0.25, 0.3) is 5.78 Å². The monoisotopic (exact) mass is 271 g/mol. The highest BCUT2D eigenvalue weighted by Crippen LogP contribution is 2.22. The van der Waals surface area contributed by atoms with E-state index in [9.17, 15) is 4.79 Å². The van der Waals surface area contributed by atoms with Crippen LogP contribution >= 0.6 is 0 Å². The fraction of sp³-hybridized carbons (Fsp3) is 0.438. The molecule has 0 aromatic carbocycles. The van der Waals surface area contributed by atoms with Crippen molar-refractivity contribution in [2.45, 2.75) is 39.0 Å². The van der Waals surface area contributed by atoms with Crippen molar-refractivity contribution in [2.75, 3.05) is 0 Å². The zero-order valence-electron chi connectivity index (χ0n) is 11.5. The van der Waals surface area contributed by atoms with E-state index in [1.807, 2.05) is 19.1 Å². The van der Waals surface area contributed by atoms with Crippen LogP contribution in [0, 0.1) is 24.7 Å². The van der Waals surface area contributed by atoms with Crippen molar-refractivity contribution in [1.29, 1.82) is 0 Å². The Morgan fingerprint density at radius 2 is 1.85 bits per heavy atom. The van der Waals surface area contributed by atoms with E-state index in [2.05, 4.69) is 16.8 Å².